The monoisotopic (exact) mass is 271 g/mol. The third-order valence-electron chi connectivity index (χ3n) is 2.04. The molecule has 0 heterocycles. The van der Waals surface area contributed by atoms with Gasteiger partial charge in [0.15, 0.2) is 0 Å². The minimum atomic E-state index is -0.0981. The molecule has 0 aliphatic rings. The van der Waals surface area contributed by atoms with Gasteiger partial charge in [0.2, 0.25) is 0 Å². The molecule has 0 fully saturated rings. The Morgan fingerprint density at radius 3 is 2.87 bits per heavy atom. The van der Waals surface area contributed by atoms with Crippen LogP contribution in [0.1, 0.15) is 22.3 Å². The molecule has 0 aliphatic heterocycles. The lowest BCUT2D eigenvalue weighted by Crippen LogP contribution is -2.25. The van der Waals surface area contributed by atoms with E-state index >= 15 is 0 Å². The lowest BCUT2D eigenvalue weighted by molar-refractivity contribution is 0.0951. The lowest BCUT2D eigenvalue weighted by atomic mass is 10.1. The van der Waals surface area contributed by atoms with Crippen LogP contribution in [0.5, 0.6) is 0 Å². The Labute approximate surface area is 97.6 Å². The first kappa shape index (κ1) is 12.2. The van der Waals surface area contributed by atoms with Crippen molar-refractivity contribution in [2.75, 3.05) is 13.2 Å². The zero-order valence-corrected chi connectivity index (χ0v) is 10.2. The number of nitrogens with one attached hydrogen (secondary N) is 1. The van der Waals surface area contributed by atoms with Gasteiger partial charge in [-0.2, -0.15) is 0 Å². The fraction of sp³-hybridized carbons (Fsp3) is 0.364. The van der Waals surface area contributed by atoms with Gasteiger partial charge < -0.3 is 10.4 Å². The summed E-state index contributed by atoms with van der Waals surface area (Å²) in [5.74, 6) is -0.0981. The average Bonchev–Trinajstić information content (AvgIpc) is 2.22. The molecule has 1 aromatic rings. The maximum atomic E-state index is 11.6. The predicted octanol–water partition coefficient (Wildman–Crippen LogP) is 1.87. The van der Waals surface area contributed by atoms with Crippen molar-refractivity contribution < 1.29 is 9.90 Å². The number of hydrogen-bond acceptors (Lipinski definition) is 2. The van der Waals surface area contributed by atoms with Gasteiger partial charge in [-0.3, -0.25) is 4.79 Å². The third kappa shape index (κ3) is 3.64. The van der Waals surface area contributed by atoms with E-state index in [1.54, 1.807) is 6.07 Å². The number of carbonyl (C=O) groups is 1. The number of aliphatic hydroxyl groups excluding tert-OH is 1. The first-order valence-electron chi connectivity index (χ1n) is 4.80. The number of benzene rings is 1. The molecular formula is C11H14BrNO2. The highest BCUT2D eigenvalue weighted by Crippen LogP contribution is 2.16. The molecule has 0 saturated heterocycles. The second-order valence-corrected chi connectivity index (χ2v) is 4.15. The van der Waals surface area contributed by atoms with Gasteiger partial charge in [-0.05, 0) is 37.1 Å². The second kappa shape index (κ2) is 5.88. The molecular weight excluding hydrogens is 258 g/mol. The molecule has 82 valence electrons. The largest absolute Gasteiger partial charge is 0.396 e. The first-order chi connectivity index (χ1) is 7.15. The van der Waals surface area contributed by atoms with Crippen molar-refractivity contribution in [3.8, 4) is 0 Å². The minimum Gasteiger partial charge on any atom is -0.396 e. The van der Waals surface area contributed by atoms with E-state index < -0.39 is 0 Å². The molecule has 0 unspecified atom stereocenters. The number of aliphatic hydroxyl groups is 1. The summed E-state index contributed by atoms with van der Waals surface area (Å²) in [6, 6.07) is 5.46. The van der Waals surface area contributed by atoms with Crippen LogP contribution in [-0.4, -0.2) is 24.2 Å². The van der Waals surface area contributed by atoms with E-state index in [4.69, 9.17) is 5.11 Å². The summed E-state index contributed by atoms with van der Waals surface area (Å²) in [5.41, 5.74) is 1.68. The SMILES string of the molecule is Cc1cc(C(=O)NCCCO)ccc1Br. The summed E-state index contributed by atoms with van der Waals surface area (Å²) < 4.78 is 0.995. The van der Waals surface area contributed by atoms with Crippen molar-refractivity contribution in [2.24, 2.45) is 0 Å². The fourth-order valence-electron chi connectivity index (χ4n) is 1.17. The highest BCUT2D eigenvalue weighted by molar-refractivity contribution is 9.10. The van der Waals surface area contributed by atoms with Gasteiger partial charge >= 0.3 is 0 Å². The molecule has 2 N–H and O–H groups in total. The molecule has 1 amide bonds. The second-order valence-electron chi connectivity index (χ2n) is 3.30. The van der Waals surface area contributed by atoms with Crippen molar-refractivity contribution in [1.82, 2.24) is 5.32 Å². The van der Waals surface area contributed by atoms with Crippen LogP contribution in [0.4, 0.5) is 0 Å². The zero-order chi connectivity index (χ0) is 11.3. The van der Waals surface area contributed by atoms with Crippen LogP contribution in [0.3, 0.4) is 0 Å². The maximum Gasteiger partial charge on any atom is 0.251 e. The van der Waals surface area contributed by atoms with E-state index in [0.717, 1.165) is 10.0 Å². The maximum absolute atomic E-state index is 11.6. The molecule has 1 aromatic carbocycles. The molecule has 0 radical (unpaired) electrons. The lowest BCUT2D eigenvalue weighted by Gasteiger charge is -2.05. The Bertz CT molecular complexity index is 352. The average molecular weight is 272 g/mol. The van der Waals surface area contributed by atoms with Gasteiger partial charge in [0.05, 0.1) is 0 Å². The van der Waals surface area contributed by atoms with Crippen LogP contribution in [0.25, 0.3) is 0 Å². The summed E-state index contributed by atoms with van der Waals surface area (Å²) in [6.07, 6.45) is 0.585. The number of amides is 1. The van der Waals surface area contributed by atoms with Gasteiger partial charge in [0, 0.05) is 23.2 Å². The Kier molecular flexibility index (Phi) is 4.78. The normalized spacial score (nSPS) is 10.1. The van der Waals surface area contributed by atoms with Crippen molar-refractivity contribution in [3.63, 3.8) is 0 Å². The minimum absolute atomic E-state index is 0.0969. The van der Waals surface area contributed by atoms with E-state index in [1.807, 2.05) is 19.1 Å². The smallest absolute Gasteiger partial charge is 0.251 e. The zero-order valence-electron chi connectivity index (χ0n) is 8.59. The molecule has 0 atom stereocenters. The number of aryl methyl sites for hydroxylation is 1. The van der Waals surface area contributed by atoms with E-state index in [-0.39, 0.29) is 12.5 Å². The first-order valence-corrected chi connectivity index (χ1v) is 5.59. The molecule has 3 nitrogen and oxygen atoms in total. The molecule has 0 spiro atoms. The Balaban J connectivity index is 2.62. The molecule has 4 heteroatoms. The Morgan fingerprint density at radius 2 is 2.27 bits per heavy atom. The van der Waals surface area contributed by atoms with E-state index in [2.05, 4.69) is 21.2 Å². The topological polar surface area (TPSA) is 49.3 Å². The van der Waals surface area contributed by atoms with Crippen molar-refractivity contribution in [2.45, 2.75) is 13.3 Å². The van der Waals surface area contributed by atoms with Gasteiger partial charge in [-0.1, -0.05) is 15.9 Å². The summed E-state index contributed by atoms with van der Waals surface area (Å²) in [5, 5.41) is 11.3. The predicted molar refractivity (Wildman–Crippen MR) is 62.9 cm³/mol. The van der Waals surface area contributed by atoms with E-state index in [0.29, 0.717) is 18.5 Å². The van der Waals surface area contributed by atoms with E-state index in [1.165, 1.54) is 0 Å². The summed E-state index contributed by atoms with van der Waals surface area (Å²) in [7, 11) is 0. The summed E-state index contributed by atoms with van der Waals surface area (Å²) in [4.78, 5) is 11.6. The highest BCUT2D eigenvalue weighted by atomic mass is 79.9. The van der Waals surface area contributed by atoms with Gasteiger partial charge in [0.25, 0.3) is 5.91 Å². The molecule has 0 aromatic heterocycles. The standard InChI is InChI=1S/C11H14BrNO2/c1-8-7-9(3-4-10(8)12)11(15)13-5-2-6-14/h3-4,7,14H,2,5-6H2,1H3,(H,13,15). The summed E-state index contributed by atoms with van der Waals surface area (Å²) >= 11 is 3.38. The van der Waals surface area contributed by atoms with Crippen molar-refractivity contribution >= 4 is 21.8 Å². The van der Waals surface area contributed by atoms with Crippen LogP contribution in [0.2, 0.25) is 0 Å². The Morgan fingerprint density at radius 1 is 1.53 bits per heavy atom. The van der Waals surface area contributed by atoms with Crippen molar-refractivity contribution in [1.29, 1.82) is 0 Å². The van der Waals surface area contributed by atoms with Crippen LogP contribution < -0.4 is 5.32 Å². The highest BCUT2D eigenvalue weighted by Gasteiger charge is 2.05. The third-order valence-corrected chi connectivity index (χ3v) is 2.93. The van der Waals surface area contributed by atoms with Crippen LogP contribution in [-0.2, 0) is 0 Å². The van der Waals surface area contributed by atoms with Gasteiger partial charge in [-0.15, -0.1) is 0 Å². The fourth-order valence-corrected chi connectivity index (χ4v) is 1.42. The molecule has 15 heavy (non-hydrogen) atoms. The number of halogens is 1. The Hall–Kier alpha value is -0.870. The van der Waals surface area contributed by atoms with Crippen molar-refractivity contribution in [3.05, 3.63) is 33.8 Å². The van der Waals surface area contributed by atoms with Crippen LogP contribution in [0.15, 0.2) is 22.7 Å². The number of carbonyl (C=O) groups excluding carboxylic acids is 1. The molecule has 0 bridgehead atoms. The molecule has 0 saturated carbocycles. The molecule has 0 aliphatic carbocycles. The quantitative estimate of drug-likeness (QED) is 0.822. The van der Waals surface area contributed by atoms with Crippen LogP contribution >= 0.6 is 15.9 Å². The van der Waals surface area contributed by atoms with Crippen LogP contribution in [0, 0.1) is 6.92 Å². The summed E-state index contributed by atoms with van der Waals surface area (Å²) in [6.45, 7) is 2.54. The van der Waals surface area contributed by atoms with Gasteiger partial charge in [0.1, 0.15) is 0 Å². The van der Waals surface area contributed by atoms with E-state index in [9.17, 15) is 4.79 Å². The van der Waals surface area contributed by atoms with Gasteiger partial charge in [-0.25, -0.2) is 0 Å². The number of rotatable bonds is 4. The number of hydrogen-bond donors (Lipinski definition) is 2. The molecule has 1 rings (SSSR count).